The van der Waals surface area contributed by atoms with Crippen LogP contribution in [0.4, 0.5) is 5.82 Å². The normalized spacial score (nSPS) is 13.1. The van der Waals surface area contributed by atoms with Crippen LogP contribution in [0.25, 0.3) is 0 Å². The summed E-state index contributed by atoms with van der Waals surface area (Å²) in [7, 11) is 0. The first-order valence-corrected chi connectivity index (χ1v) is 12.9. The van der Waals surface area contributed by atoms with Crippen LogP contribution in [0.3, 0.4) is 0 Å². The number of aromatic nitrogens is 4. The van der Waals surface area contributed by atoms with E-state index in [2.05, 4.69) is 69.2 Å². The van der Waals surface area contributed by atoms with Crippen molar-refractivity contribution in [1.82, 2.24) is 19.9 Å². The maximum atomic E-state index is 13.0. The number of rotatable bonds is 7. The van der Waals surface area contributed by atoms with Crippen LogP contribution in [0, 0.1) is 13.8 Å². The number of esters is 1. The monoisotopic (exact) mass is 497 g/mol. The molecular formula is C29H47N5O2. The Morgan fingerprint density at radius 2 is 1.14 bits per heavy atom. The van der Waals surface area contributed by atoms with E-state index in [1.165, 1.54) is 0 Å². The SMILES string of the molecule is CCOC(=O)c1nc(C(C)(C)C)c(C)nc1C(C)(C)CCC(C)(C)c1nc(N)c(C(C)(C)C)nc1C. The number of aryl methyl sites for hydroxylation is 2. The summed E-state index contributed by atoms with van der Waals surface area (Å²) in [6.45, 7) is 27.1. The average molecular weight is 498 g/mol. The Hall–Kier alpha value is -2.57. The molecule has 2 heterocycles. The van der Waals surface area contributed by atoms with Crippen molar-refractivity contribution < 1.29 is 9.53 Å². The molecule has 2 aromatic rings. The molecule has 7 nitrogen and oxygen atoms in total. The quantitative estimate of drug-likeness (QED) is 0.449. The van der Waals surface area contributed by atoms with Crippen LogP contribution in [0.15, 0.2) is 0 Å². The predicted molar refractivity (Wildman–Crippen MR) is 147 cm³/mol. The van der Waals surface area contributed by atoms with Crippen molar-refractivity contribution in [3.63, 3.8) is 0 Å². The molecule has 0 amide bonds. The molecule has 0 aliphatic rings. The number of nitrogens with zero attached hydrogens (tertiary/aromatic N) is 4. The van der Waals surface area contributed by atoms with Gasteiger partial charge in [-0.05, 0) is 33.6 Å². The van der Waals surface area contributed by atoms with Gasteiger partial charge in [-0.3, -0.25) is 9.97 Å². The van der Waals surface area contributed by atoms with E-state index in [0.717, 1.165) is 41.3 Å². The highest BCUT2D eigenvalue weighted by molar-refractivity contribution is 5.89. The number of anilines is 1. The fourth-order valence-electron chi connectivity index (χ4n) is 4.63. The third-order valence-corrected chi connectivity index (χ3v) is 6.71. The second-order valence-corrected chi connectivity index (χ2v) is 13.2. The van der Waals surface area contributed by atoms with E-state index < -0.39 is 11.4 Å². The number of ether oxygens (including phenoxy) is 1. The molecule has 2 rings (SSSR count). The lowest BCUT2D eigenvalue weighted by Crippen LogP contribution is -2.31. The summed E-state index contributed by atoms with van der Waals surface area (Å²) < 4.78 is 5.38. The zero-order valence-electron chi connectivity index (χ0n) is 24.8. The Kier molecular flexibility index (Phi) is 8.29. The Morgan fingerprint density at radius 3 is 1.61 bits per heavy atom. The van der Waals surface area contributed by atoms with E-state index in [9.17, 15) is 4.79 Å². The lowest BCUT2D eigenvalue weighted by molar-refractivity contribution is 0.0514. The lowest BCUT2D eigenvalue weighted by atomic mass is 9.74. The Balaban J connectivity index is 2.48. The number of nitrogens with two attached hydrogens (primary N) is 1. The summed E-state index contributed by atoms with van der Waals surface area (Å²) in [6.07, 6.45) is 1.56. The van der Waals surface area contributed by atoms with Crippen LogP contribution in [-0.4, -0.2) is 32.5 Å². The highest BCUT2D eigenvalue weighted by Crippen LogP contribution is 2.38. The van der Waals surface area contributed by atoms with Gasteiger partial charge in [-0.2, -0.15) is 0 Å². The Morgan fingerprint density at radius 1 is 0.694 bits per heavy atom. The number of hydrogen-bond donors (Lipinski definition) is 1. The molecule has 0 spiro atoms. The van der Waals surface area contributed by atoms with Crippen molar-refractivity contribution >= 4 is 11.8 Å². The van der Waals surface area contributed by atoms with Crippen LogP contribution in [0.2, 0.25) is 0 Å². The van der Waals surface area contributed by atoms with Gasteiger partial charge in [-0.25, -0.2) is 14.8 Å². The van der Waals surface area contributed by atoms with Gasteiger partial charge in [0.2, 0.25) is 0 Å². The van der Waals surface area contributed by atoms with Crippen molar-refractivity contribution in [1.29, 1.82) is 0 Å². The number of nitrogen functional groups attached to an aromatic ring is 1. The fourth-order valence-corrected chi connectivity index (χ4v) is 4.63. The molecule has 7 heteroatoms. The maximum Gasteiger partial charge on any atom is 0.358 e. The molecule has 0 saturated heterocycles. The van der Waals surface area contributed by atoms with Crippen molar-refractivity contribution in [3.05, 3.63) is 39.9 Å². The molecule has 0 radical (unpaired) electrons. The largest absolute Gasteiger partial charge is 0.461 e. The molecule has 0 unspecified atom stereocenters. The molecular weight excluding hydrogens is 450 g/mol. The third kappa shape index (κ3) is 6.40. The predicted octanol–water partition coefficient (Wildman–Crippen LogP) is 6.27. The Labute approximate surface area is 218 Å². The van der Waals surface area contributed by atoms with Gasteiger partial charge in [0.1, 0.15) is 5.82 Å². The first-order valence-electron chi connectivity index (χ1n) is 12.9. The molecule has 0 fully saturated rings. The van der Waals surface area contributed by atoms with Gasteiger partial charge in [0.05, 0.1) is 40.8 Å². The van der Waals surface area contributed by atoms with Crippen molar-refractivity contribution in [2.24, 2.45) is 0 Å². The summed E-state index contributed by atoms with van der Waals surface area (Å²) in [5.74, 6) is 0.0596. The molecule has 0 saturated carbocycles. The molecule has 0 atom stereocenters. The molecule has 0 aliphatic heterocycles. The van der Waals surface area contributed by atoms with Gasteiger partial charge in [-0.1, -0.05) is 69.2 Å². The summed E-state index contributed by atoms with van der Waals surface area (Å²) >= 11 is 0. The van der Waals surface area contributed by atoms with Gasteiger partial charge >= 0.3 is 5.97 Å². The topological polar surface area (TPSA) is 104 Å². The second kappa shape index (κ2) is 10.1. The summed E-state index contributed by atoms with van der Waals surface area (Å²) in [4.78, 5) is 32.4. The zero-order chi connectivity index (χ0) is 27.9. The number of carbonyl (C=O) groups is 1. The van der Waals surface area contributed by atoms with E-state index in [1.54, 1.807) is 6.92 Å². The standard InChI is InChI=1S/C29H47N5O2/c1-14-36-25(35)19-22(31-17(2)20(33-19)26(4,5)6)29(12,13)16-15-28(10,11)21-18(3)32-23(24(30)34-21)27(7,8)9/h14-16H2,1-13H3,(H2,30,34). The number of carbonyl (C=O) groups excluding carboxylic acids is 1. The van der Waals surface area contributed by atoms with Crippen molar-refractivity contribution in [2.75, 3.05) is 12.3 Å². The van der Waals surface area contributed by atoms with Gasteiger partial charge in [-0.15, -0.1) is 0 Å². The average Bonchev–Trinajstić information content (AvgIpc) is 2.72. The minimum atomic E-state index is -0.426. The van der Waals surface area contributed by atoms with Crippen LogP contribution >= 0.6 is 0 Å². The van der Waals surface area contributed by atoms with E-state index in [0.29, 0.717) is 17.2 Å². The van der Waals surface area contributed by atoms with Gasteiger partial charge in [0.25, 0.3) is 0 Å². The van der Waals surface area contributed by atoms with E-state index in [1.807, 2.05) is 13.8 Å². The lowest BCUT2D eigenvalue weighted by Gasteiger charge is -2.33. The zero-order valence-corrected chi connectivity index (χ0v) is 24.8. The molecule has 2 aromatic heterocycles. The number of hydrogen-bond acceptors (Lipinski definition) is 7. The highest BCUT2D eigenvalue weighted by atomic mass is 16.5. The van der Waals surface area contributed by atoms with Gasteiger partial charge in [0, 0.05) is 21.7 Å². The minimum Gasteiger partial charge on any atom is -0.461 e. The van der Waals surface area contributed by atoms with Crippen LogP contribution in [0.5, 0.6) is 0 Å². The van der Waals surface area contributed by atoms with Gasteiger partial charge in [0.15, 0.2) is 5.69 Å². The van der Waals surface area contributed by atoms with E-state index in [-0.39, 0.29) is 22.9 Å². The molecule has 0 aromatic carbocycles. The van der Waals surface area contributed by atoms with Crippen molar-refractivity contribution in [2.45, 2.75) is 125 Å². The maximum absolute atomic E-state index is 13.0. The van der Waals surface area contributed by atoms with Crippen molar-refractivity contribution in [3.8, 4) is 0 Å². The Bertz CT molecular complexity index is 1120. The molecule has 36 heavy (non-hydrogen) atoms. The fraction of sp³-hybridized carbons (Fsp3) is 0.690. The summed E-state index contributed by atoms with van der Waals surface area (Å²) in [5.41, 5.74) is 10.5. The van der Waals surface area contributed by atoms with Gasteiger partial charge < -0.3 is 10.5 Å². The minimum absolute atomic E-state index is 0.175. The first-order chi connectivity index (χ1) is 16.2. The van der Waals surface area contributed by atoms with E-state index in [4.69, 9.17) is 30.4 Å². The third-order valence-electron chi connectivity index (χ3n) is 6.71. The molecule has 0 bridgehead atoms. The van der Waals surface area contributed by atoms with E-state index >= 15 is 0 Å². The van der Waals surface area contributed by atoms with Crippen LogP contribution in [-0.2, 0) is 26.4 Å². The molecule has 2 N–H and O–H groups in total. The van der Waals surface area contributed by atoms with Crippen LogP contribution < -0.4 is 5.73 Å². The summed E-state index contributed by atoms with van der Waals surface area (Å²) in [6, 6.07) is 0. The highest BCUT2D eigenvalue weighted by Gasteiger charge is 2.36. The first kappa shape index (κ1) is 29.7. The smallest absolute Gasteiger partial charge is 0.358 e. The second-order valence-electron chi connectivity index (χ2n) is 13.2. The van der Waals surface area contributed by atoms with Crippen LogP contribution in [0.1, 0.15) is 134 Å². The molecule has 200 valence electrons. The summed E-state index contributed by atoms with van der Waals surface area (Å²) in [5, 5.41) is 0. The molecule has 0 aliphatic carbocycles.